The lowest BCUT2D eigenvalue weighted by Gasteiger charge is -2.63. The molecule has 0 spiro atoms. The van der Waals surface area contributed by atoms with Crippen molar-refractivity contribution in [2.75, 3.05) is 6.61 Å². The molecule has 3 fully saturated rings. The summed E-state index contributed by atoms with van der Waals surface area (Å²) in [7, 11) is 0. The minimum atomic E-state index is -0.424. The van der Waals surface area contributed by atoms with Gasteiger partial charge in [-0.05, 0) is 97.2 Å². The van der Waals surface area contributed by atoms with Crippen molar-refractivity contribution in [1.82, 2.24) is 0 Å². The second-order valence-electron chi connectivity index (χ2n) is 13.6. The molecule has 34 heavy (non-hydrogen) atoms. The van der Waals surface area contributed by atoms with Crippen molar-refractivity contribution < 1.29 is 19.8 Å². The summed E-state index contributed by atoms with van der Waals surface area (Å²) >= 11 is 0. The number of ketones is 2. The summed E-state index contributed by atoms with van der Waals surface area (Å²) in [5, 5.41) is 20.0. The van der Waals surface area contributed by atoms with Gasteiger partial charge in [0, 0.05) is 17.8 Å². The number of carbonyl (C=O) groups excluding carboxylic acids is 2. The van der Waals surface area contributed by atoms with Gasteiger partial charge in [-0.2, -0.15) is 0 Å². The summed E-state index contributed by atoms with van der Waals surface area (Å²) in [6, 6.07) is 0. The van der Waals surface area contributed by atoms with Crippen LogP contribution in [0.15, 0.2) is 23.3 Å². The quantitative estimate of drug-likeness (QED) is 0.508. The molecule has 190 valence electrons. The summed E-state index contributed by atoms with van der Waals surface area (Å²) < 4.78 is 0. The number of allylic oxidation sites excluding steroid dienone is 3. The Bertz CT molecular complexity index is 928. The van der Waals surface area contributed by atoms with E-state index in [4.69, 9.17) is 0 Å². The first kappa shape index (κ1) is 25.8. The Morgan fingerprint density at radius 3 is 2.44 bits per heavy atom. The Balaban J connectivity index is 1.66. The lowest BCUT2D eigenvalue weighted by atomic mass is 9.40. The zero-order valence-electron chi connectivity index (χ0n) is 22.4. The first-order valence-electron chi connectivity index (χ1n) is 13.5. The highest BCUT2D eigenvalue weighted by molar-refractivity contribution is 5.95. The van der Waals surface area contributed by atoms with E-state index < -0.39 is 11.5 Å². The first-order valence-corrected chi connectivity index (χ1v) is 13.5. The molecule has 0 saturated heterocycles. The summed E-state index contributed by atoms with van der Waals surface area (Å²) in [6.45, 7) is 15.3. The van der Waals surface area contributed by atoms with Gasteiger partial charge in [-0.3, -0.25) is 9.59 Å². The molecule has 0 radical (unpaired) electrons. The number of fused-ring (bicyclic) bond motifs is 5. The number of aliphatic hydroxyl groups is 2. The van der Waals surface area contributed by atoms with Gasteiger partial charge in [0.15, 0.2) is 11.6 Å². The maximum atomic E-state index is 13.7. The monoisotopic (exact) mass is 470 g/mol. The fourth-order valence-electron chi connectivity index (χ4n) is 9.38. The van der Waals surface area contributed by atoms with Gasteiger partial charge in [0.1, 0.15) is 0 Å². The van der Waals surface area contributed by atoms with Gasteiger partial charge in [-0.25, -0.2) is 0 Å². The van der Waals surface area contributed by atoms with Crippen LogP contribution in [0.3, 0.4) is 0 Å². The van der Waals surface area contributed by atoms with E-state index in [9.17, 15) is 19.8 Å². The van der Waals surface area contributed by atoms with Crippen LogP contribution in [0.5, 0.6) is 0 Å². The van der Waals surface area contributed by atoms with Crippen molar-refractivity contribution in [2.24, 2.45) is 45.3 Å². The molecule has 0 heterocycles. The molecule has 0 aromatic rings. The molecule has 4 aliphatic carbocycles. The lowest BCUT2D eigenvalue weighted by molar-refractivity contribution is -0.157. The van der Waals surface area contributed by atoms with Crippen LogP contribution < -0.4 is 0 Å². The van der Waals surface area contributed by atoms with Crippen LogP contribution in [-0.2, 0) is 9.59 Å². The van der Waals surface area contributed by atoms with Crippen LogP contribution in [0.4, 0.5) is 0 Å². The highest BCUT2D eigenvalue weighted by Gasteiger charge is 2.66. The van der Waals surface area contributed by atoms with Gasteiger partial charge >= 0.3 is 0 Å². The summed E-state index contributed by atoms with van der Waals surface area (Å²) in [4.78, 5) is 26.3. The van der Waals surface area contributed by atoms with E-state index in [-0.39, 0.29) is 46.3 Å². The zero-order chi connectivity index (χ0) is 25.3. The summed E-state index contributed by atoms with van der Waals surface area (Å²) in [5.74, 6) is 1.31. The normalized spacial score (nSPS) is 44.6. The summed E-state index contributed by atoms with van der Waals surface area (Å²) in [6.07, 6.45) is 9.76. The number of hydrogen-bond acceptors (Lipinski definition) is 4. The molecule has 0 aliphatic heterocycles. The van der Waals surface area contributed by atoms with Crippen molar-refractivity contribution in [2.45, 2.75) is 99.5 Å². The molecule has 0 amide bonds. The molecule has 4 heteroatoms. The Morgan fingerprint density at radius 2 is 1.79 bits per heavy atom. The minimum absolute atomic E-state index is 0.0292. The van der Waals surface area contributed by atoms with Crippen molar-refractivity contribution in [3.63, 3.8) is 0 Å². The Kier molecular flexibility index (Phi) is 6.38. The Labute approximate surface area is 206 Å². The van der Waals surface area contributed by atoms with Gasteiger partial charge in [-0.1, -0.05) is 47.1 Å². The van der Waals surface area contributed by atoms with Crippen molar-refractivity contribution in [1.29, 1.82) is 0 Å². The second-order valence-corrected chi connectivity index (χ2v) is 13.6. The predicted molar refractivity (Wildman–Crippen MR) is 135 cm³/mol. The SMILES string of the molecule is CC(=CC(=O)CC(C)C1CCC2(C)C3=CC(=O)C4C(C)(C)C(O)CCC4(C)C3CCC12C)CO. The third-order valence-electron chi connectivity index (χ3n) is 11.5. The fraction of sp³-hybridized carbons (Fsp3) is 0.800. The van der Waals surface area contributed by atoms with Crippen LogP contribution in [-0.4, -0.2) is 34.5 Å². The maximum absolute atomic E-state index is 13.7. The van der Waals surface area contributed by atoms with E-state index in [2.05, 4.69) is 41.5 Å². The van der Waals surface area contributed by atoms with Crippen LogP contribution in [0.2, 0.25) is 0 Å². The standard InChI is InChI=1S/C30H46O4/c1-18(17-31)14-20(32)15-19(2)21-8-12-30(7)23-16-24(33)26-27(3,4)25(34)10-11-28(26,5)22(23)9-13-29(21,30)6/h14,16,19,21-22,25-26,31,34H,8-13,15,17H2,1-7H3. The number of carbonyl (C=O) groups is 2. The largest absolute Gasteiger partial charge is 0.393 e. The average molecular weight is 471 g/mol. The Morgan fingerprint density at radius 1 is 1.12 bits per heavy atom. The lowest BCUT2D eigenvalue weighted by Crippen LogP contribution is -2.60. The maximum Gasteiger partial charge on any atom is 0.159 e. The topological polar surface area (TPSA) is 74.6 Å². The third kappa shape index (κ3) is 3.53. The van der Waals surface area contributed by atoms with Crippen LogP contribution in [0.1, 0.15) is 93.4 Å². The molecular formula is C30H46O4. The smallest absolute Gasteiger partial charge is 0.159 e. The molecule has 4 nitrogen and oxygen atoms in total. The molecule has 2 N–H and O–H groups in total. The molecule has 4 rings (SSSR count). The average Bonchev–Trinajstić information content (AvgIpc) is 3.02. The molecule has 4 aliphatic rings. The fourth-order valence-corrected chi connectivity index (χ4v) is 9.38. The third-order valence-corrected chi connectivity index (χ3v) is 11.5. The minimum Gasteiger partial charge on any atom is -0.393 e. The van der Waals surface area contributed by atoms with E-state index in [0.717, 1.165) is 44.1 Å². The van der Waals surface area contributed by atoms with E-state index in [1.165, 1.54) is 5.57 Å². The highest BCUT2D eigenvalue weighted by Crippen LogP contribution is 2.72. The molecule has 8 unspecified atom stereocenters. The van der Waals surface area contributed by atoms with Crippen LogP contribution >= 0.6 is 0 Å². The van der Waals surface area contributed by atoms with E-state index in [0.29, 0.717) is 18.3 Å². The molecule has 0 aromatic heterocycles. The van der Waals surface area contributed by atoms with Gasteiger partial charge in [0.25, 0.3) is 0 Å². The number of aliphatic hydroxyl groups excluding tert-OH is 2. The Hall–Kier alpha value is -1.26. The van der Waals surface area contributed by atoms with Crippen molar-refractivity contribution in [3.05, 3.63) is 23.3 Å². The molecular weight excluding hydrogens is 424 g/mol. The van der Waals surface area contributed by atoms with Gasteiger partial charge in [-0.15, -0.1) is 0 Å². The zero-order valence-corrected chi connectivity index (χ0v) is 22.4. The van der Waals surface area contributed by atoms with E-state index in [1.54, 1.807) is 13.0 Å². The molecule has 3 saturated carbocycles. The van der Waals surface area contributed by atoms with Gasteiger partial charge in [0.2, 0.25) is 0 Å². The summed E-state index contributed by atoms with van der Waals surface area (Å²) in [5.41, 5.74) is 1.63. The van der Waals surface area contributed by atoms with Crippen molar-refractivity contribution in [3.8, 4) is 0 Å². The van der Waals surface area contributed by atoms with Crippen molar-refractivity contribution >= 4 is 11.6 Å². The predicted octanol–water partition coefficient (Wildman–Crippen LogP) is 5.67. The van der Waals surface area contributed by atoms with Crippen LogP contribution in [0, 0.1) is 45.3 Å². The van der Waals surface area contributed by atoms with Crippen LogP contribution in [0.25, 0.3) is 0 Å². The molecule has 8 atom stereocenters. The molecule has 0 bridgehead atoms. The number of hydrogen-bond donors (Lipinski definition) is 2. The number of rotatable bonds is 5. The highest BCUT2D eigenvalue weighted by atomic mass is 16.3. The van der Waals surface area contributed by atoms with Gasteiger partial charge < -0.3 is 10.2 Å². The van der Waals surface area contributed by atoms with Gasteiger partial charge in [0.05, 0.1) is 12.7 Å². The molecule has 0 aromatic carbocycles. The first-order chi connectivity index (χ1) is 15.7. The second kappa shape index (κ2) is 8.40. The van der Waals surface area contributed by atoms with E-state index in [1.807, 2.05) is 6.08 Å². The van der Waals surface area contributed by atoms with E-state index >= 15 is 0 Å².